The van der Waals surface area contributed by atoms with Gasteiger partial charge in [-0.05, 0) is 24.6 Å². The highest BCUT2D eigenvalue weighted by molar-refractivity contribution is 9.10. The molecule has 0 bridgehead atoms. The summed E-state index contributed by atoms with van der Waals surface area (Å²) in [5.74, 6) is 0. The second-order valence-electron chi connectivity index (χ2n) is 5.43. The Morgan fingerprint density at radius 2 is 2.21 bits per heavy atom. The summed E-state index contributed by atoms with van der Waals surface area (Å²) in [5.41, 5.74) is 0.534. The standard InChI is InChI=1S/C15H13BrF3N3OS/c16-10-1-2-12(9(5-10)7-23)22-4-3-11(6-22)20-14-21-13(8-24-14)15(17,18)19/h1-2,5,7-8,11H,3-4,6H2,(H,20,21)/t11-/m0/s1. The minimum Gasteiger partial charge on any atom is -0.369 e. The van der Waals surface area contributed by atoms with Crippen LogP contribution in [0, 0.1) is 0 Å². The van der Waals surface area contributed by atoms with Crippen LogP contribution in [0.3, 0.4) is 0 Å². The quantitative estimate of drug-likeness (QED) is 0.744. The van der Waals surface area contributed by atoms with Gasteiger partial charge >= 0.3 is 6.18 Å². The molecular weight excluding hydrogens is 407 g/mol. The van der Waals surface area contributed by atoms with Gasteiger partial charge in [-0.3, -0.25) is 4.79 Å². The lowest BCUT2D eigenvalue weighted by Crippen LogP contribution is -2.26. The van der Waals surface area contributed by atoms with Gasteiger partial charge in [-0.1, -0.05) is 15.9 Å². The van der Waals surface area contributed by atoms with Crippen molar-refractivity contribution in [2.45, 2.75) is 18.6 Å². The molecule has 1 N–H and O–H groups in total. The maximum Gasteiger partial charge on any atom is 0.434 e. The van der Waals surface area contributed by atoms with Crippen LogP contribution in [0.5, 0.6) is 0 Å². The lowest BCUT2D eigenvalue weighted by molar-refractivity contribution is -0.140. The van der Waals surface area contributed by atoms with Crippen LogP contribution in [0.25, 0.3) is 0 Å². The van der Waals surface area contributed by atoms with Crippen LogP contribution in [0.1, 0.15) is 22.5 Å². The highest BCUT2D eigenvalue weighted by atomic mass is 79.9. The monoisotopic (exact) mass is 419 g/mol. The van der Waals surface area contributed by atoms with Gasteiger partial charge in [-0.15, -0.1) is 11.3 Å². The Hall–Kier alpha value is -1.61. The van der Waals surface area contributed by atoms with E-state index in [2.05, 4.69) is 26.2 Å². The Balaban J connectivity index is 1.68. The fourth-order valence-corrected chi connectivity index (χ4v) is 3.82. The van der Waals surface area contributed by atoms with E-state index in [0.717, 1.165) is 46.1 Å². The fourth-order valence-electron chi connectivity index (χ4n) is 2.65. The number of nitrogens with one attached hydrogen (secondary N) is 1. The Labute approximate surface area is 148 Å². The van der Waals surface area contributed by atoms with E-state index in [1.54, 1.807) is 6.07 Å². The van der Waals surface area contributed by atoms with Crippen molar-refractivity contribution in [3.05, 3.63) is 39.3 Å². The molecule has 1 saturated heterocycles. The van der Waals surface area contributed by atoms with E-state index < -0.39 is 11.9 Å². The number of hydrogen-bond acceptors (Lipinski definition) is 5. The molecule has 0 radical (unpaired) electrons. The van der Waals surface area contributed by atoms with E-state index in [1.165, 1.54) is 0 Å². The van der Waals surface area contributed by atoms with E-state index in [9.17, 15) is 18.0 Å². The average Bonchev–Trinajstić information content (AvgIpc) is 3.16. The van der Waals surface area contributed by atoms with E-state index in [-0.39, 0.29) is 11.2 Å². The first-order valence-electron chi connectivity index (χ1n) is 7.16. The van der Waals surface area contributed by atoms with Crippen molar-refractivity contribution in [3.63, 3.8) is 0 Å². The van der Waals surface area contributed by atoms with Gasteiger partial charge in [0.15, 0.2) is 17.1 Å². The zero-order chi connectivity index (χ0) is 17.3. The number of alkyl halides is 3. The number of aromatic nitrogens is 1. The third-order valence-electron chi connectivity index (χ3n) is 3.77. The van der Waals surface area contributed by atoms with Crippen molar-refractivity contribution in [3.8, 4) is 0 Å². The zero-order valence-corrected chi connectivity index (χ0v) is 14.7. The molecule has 9 heteroatoms. The minimum absolute atomic E-state index is 0.0135. The maximum atomic E-state index is 12.6. The molecule has 3 rings (SSSR count). The summed E-state index contributed by atoms with van der Waals surface area (Å²) in [4.78, 5) is 16.9. The fraction of sp³-hybridized carbons (Fsp3) is 0.333. The van der Waals surface area contributed by atoms with Crippen molar-refractivity contribution < 1.29 is 18.0 Å². The van der Waals surface area contributed by atoms with Crippen molar-refractivity contribution >= 4 is 44.4 Å². The molecule has 2 heterocycles. The first-order valence-corrected chi connectivity index (χ1v) is 8.83. The molecule has 0 amide bonds. The van der Waals surface area contributed by atoms with Gasteiger partial charge in [0.1, 0.15) is 0 Å². The minimum atomic E-state index is -4.42. The van der Waals surface area contributed by atoms with Crippen LogP contribution in [0.15, 0.2) is 28.1 Å². The molecule has 2 aromatic rings. The number of benzene rings is 1. The summed E-state index contributed by atoms with van der Waals surface area (Å²) in [6.45, 7) is 1.32. The summed E-state index contributed by atoms with van der Waals surface area (Å²) in [5, 5.41) is 4.32. The summed E-state index contributed by atoms with van der Waals surface area (Å²) >= 11 is 4.28. The lowest BCUT2D eigenvalue weighted by atomic mass is 10.2. The van der Waals surface area contributed by atoms with Crippen LogP contribution in [-0.2, 0) is 6.18 Å². The zero-order valence-electron chi connectivity index (χ0n) is 12.3. The van der Waals surface area contributed by atoms with Crippen LogP contribution in [0.4, 0.5) is 24.0 Å². The first kappa shape index (κ1) is 17.2. The molecule has 128 valence electrons. The number of rotatable bonds is 4. The number of nitrogens with zero attached hydrogens (tertiary/aromatic N) is 2. The van der Waals surface area contributed by atoms with Gasteiger partial charge in [-0.25, -0.2) is 4.98 Å². The highest BCUT2D eigenvalue weighted by Gasteiger charge is 2.34. The van der Waals surface area contributed by atoms with Gasteiger partial charge in [0.2, 0.25) is 0 Å². The Morgan fingerprint density at radius 3 is 2.88 bits per heavy atom. The normalized spacial score (nSPS) is 18.0. The molecule has 1 aromatic heterocycles. The van der Waals surface area contributed by atoms with Gasteiger partial charge < -0.3 is 10.2 Å². The number of carbonyl (C=O) groups is 1. The number of aldehydes is 1. The number of halogens is 4. The SMILES string of the molecule is O=Cc1cc(Br)ccc1N1CC[C@H](Nc2nc(C(F)(F)F)cs2)C1. The summed E-state index contributed by atoms with van der Waals surface area (Å²) < 4.78 is 38.6. The Kier molecular flexibility index (Phi) is 4.82. The Bertz CT molecular complexity index is 750. The maximum absolute atomic E-state index is 12.6. The van der Waals surface area contributed by atoms with Crippen LogP contribution in [-0.4, -0.2) is 30.4 Å². The van der Waals surface area contributed by atoms with Crippen molar-refractivity contribution in [2.75, 3.05) is 23.3 Å². The third kappa shape index (κ3) is 3.72. The number of thiazole rings is 1. The van der Waals surface area contributed by atoms with Crippen LogP contribution in [0.2, 0.25) is 0 Å². The van der Waals surface area contributed by atoms with Crippen LogP contribution >= 0.6 is 27.3 Å². The van der Waals surface area contributed by atoms with Gasteiger partial charge in [-0.2, -0.15) is 13.2 Å². The molecule has 1 aromatic carbocycles. The number of carbonyl (C=O) groups excluding carboxylic acids is 1. The second kappa shape index (κ2) is 6.72. The smallest absolute Gasteiger partial charge is 0.369 e. The first-order chi connectivity index (χ1) is 11.4. The predicted octanol–water partition coefficient (Wildman–Crippen LogP) is 4.43. The average molecular weight is 420 g/mol. The second-order valence-corrected chi connectivity index (χ2v) is 7.21. The largest absolute Gasteiger partial charge is 0.434 e. The molecule has 1 atom stereocenters. The molecule has 0 unspecified atom stereocenters. The molecule has 1 fully saturated rings. The number of anilines is 2. The Morgan fingerprint density at radius 1 is 1.42 bits per heavy atom. The third-order valence-corrected chi connectivity index (χ3v) is 5.03. The van der Waals surface area contributed by atoms with E-state index in [0.29, 0.717) is 12.1 Å². The van der Waals surface area contributed by atoms with Crippen molar-refractivity contribution in [1.29, 1.82) is 0 Å². The van der Waals surface area contributed by atoms with Crippen molar-refractivity contribution in [2.24, 2.45) is 0 Å². The lowest BCUT2D eigenvalue weighted by Gasteiger charge is -2.20. The predicted molar refractivity (Wildman–Crippen MR) is 90.9 cm³/mol. The van der Waals surface area contributed by atoms with Gasteiger partial charge in [0, 0.05) is 40.2 Å². The molecule has 1 aliphatic rings. The summed E-state index contributed by atoms with van der Waals surface area (Å²) in [6, 6.07) is 5.46. The molecule has 24 heavy (non-hydrogen) atoms. The molecule has 1 aliphatic heterocycles. The van der Waals surface area contributed by atoms with Gasteiger partial charge in [0.05, 0.1) is 0 Å². The molecule has 0 aliphatic carbocycles. The molecule has 0 saturated carbocycles. The van der Waals surface area contributed by atoms with E-state index >= 15 is 0 Å². The molecule has 0 spiro atoms. The highest BCUT2D eigenvalue weighted by Crippen LogP contribution is 2.33. The summed E-state index contributed by atoms with van der Waals surface area (Å²) in [7, 11) is 0. The van der Waals surface area contributed by atoms with E-state index in [1.807, 2.05) is 17.0 Å². The number of hydrogen-bond donors (Lipinski definition) is 1. The topological polar surface area (TPSA) is 45.2 Å². The molecule has 4 nitrogen and oxygen atoms in total. The molecular formula is C15H13BrF3N3OS. The van der Waals surface area contributed by atoms with Crippen LogP contribution < -0.4 is 10.2 Å². The van der Waals surface area contributed by atoms with E-state index in [4.69, 9.17) is 0 Å². The summed E-state index contributed by atoms with van der Waals surface area (Å²) in [6.07, 6.45) is -2.86. The van der Waals surface area contributed by atoms with Crippen molar-refractivity contribution in [1.82, 2.24) is 4.98 Å². The van der Waals surface area contributed by atoms with Gasteiger partial charge in [0.25, 0.3) is 0 Å².